The molecule has 0 aliphatic carbocycles. The lowest BCUT2D eigenvalue weighted by molar-refractivity contribution is -0.134. The molecule has 1 aliphatic heterocycles. The number of para-hydroxylation sites is 1. The van der Waals surface area contributed by atoms with Gasteiger partial charge in [0.15, 0.2) is 11.6 Å². The van der Waals surface area contributed by atoms with Gasteiger partial charge in [-0.05, 0) is 17.7 Å². The van der Waals surface area contributed by atoms with Crippen LogP contribution in [0.3, 0.4) is 0 Å². The summed E-state index contributed by atoms with van der Waals surface area (Å²) in [4.78, 5) is 14.4. The van der Waals surface area contributed by atoms with Crippen molar-refractivity contribution in [3.63, 3.8) is 0 Å². The lowest BCUT2D eigenvalue weighted by Crippen LogP contribution is -2.38. The van der Waals surface area contributed by atoms with Crippen molar-refractivity contribution in [1.82, 2.24) is 20.0 Å². The van der Waals surface area contributed by atoms with E-state index < -0.39 is 5.82 Å². The summed E-state index contributed by atoms with van der Waals surface area (Å²) in [6, 6.07) is 6.27. The molecule has 2 aromatic rings. The highest BCUT2D eigenvalue weighted by Gasteiger charge is 2.36. The number of halogens is 2. The number of aryl methyl sites for hydroxylation is 1. The first-order valence-electron chi connectivity index (χ1n) is 8.38. The fourth-order valence-electron chi connectivity index (χ4n) is 3.17. The van der Waals surface area contributed by atoms with Gasteiger partial charge >= 0.3 is 0 Å². The van der Waals surface area contributed by atoms with Crippen molar-refractivity contribution < 1.29 is 13.9 Å². The van der Waals surface area contributed by atoms with E-state index in [1.165, 1.54) is 6.07 Å². The van der Waals surface area contributed by atoms with Gasteiger partial charge in [-0.15, -0.1) is 12.4 Å². The van der Waals surface area contributed by atoms with Crippen molar-refractivity contribution in [2.24, 2.45) is 13.0 Å². The van der Waals surface area contributed by atoms with Crippen molar-refractivity contribution >= 4 is 18.3 Å². The summed E-state index contributed by atoms with van der Waals surface area (Å²) in [6.07, 6.45) is 3.78. The normalized spacial score (nSPS) is 19.0. The zero-order valence-electron chi connectivity index (χ0n) is 14.9. The van der Waals surface area contributed by atoms with Crippen molar-refractivity contribution in [2.45, 2.75) is 5.92 Å². The fourth-order valence-corrected chi connectivity index (χ4v) is 3.17. The molecule has 8 heteroatoms. The molecule has 0 bridgehead atoms. The van der Waals surface area contributed by atoms with Crippen LogP contribution >= 0.6 is 12.4 Å². The van der Waals surface area contributed by atoms with Crippen molar-refractivity contribution in [3.05, 3.63) is 48.0 Å². The second kappa shape index (κ2) is 9.00. The lowest BCUT2D eigenvalue weighted by Gasteiger charge is -2.24. The van der Waals surface area contributed by atoms with Gasteiger partial charge in [0.25, 0.3) is 0 Å². The van der Waals surface area contributed by atoms with Gasteiger partial charge in [0, 0.05) is 39.3 Å². The topological polar surface area (TPSA) is 59.4 Å². The van der Waals surface area contributed by atoms with Gasteiger partial charge in [-0.1, -0.05) is 12.1 Å². The minimum atomic E-state index is -0.395. The molecule has 3 rings (SSSR count). The van der Waals surface area contributed by atoms with Crippen LogP contribution in [-0.2, 0) is 11.8 Å². The highest BCUT2D eigenvalue weighted by Crippen LogP contribution is 2.29. The molecule has 1 aliphatic rings. The molecule has 0 spiro atoms. The van der Waals surface area contributed by atoms with Crippen LogP contribution in [0.5, 0.6) is 5.75 Å². The van der Waals surface area contributed by atoms with Crippen LogP contribution in [0.4, 0.5) is 4.39 Å². The van der Waals surface area contributed by atoms with E-state index in [1.807, 2.05) is 19.4 Å². The number of amides is 1. The molecular formula is C18H24ClFN4O2. The van der Waals surface area contributed by atoms with Crippen LogP contribution < -0.4 is 10.1 Å². The molecule has 0 saturated carbocycles. The maximum atomic E-state index is 13.5. The van der Waals surface area contributed by atoms with Gasteiger partial charge < -0.3 is 15.0 Å². The summed E-state index contributed by atoms with van der Waals surface area (Å²) in [5.74, 6) is -0.123. The molecule has 26 heavy (non-hydrogen) atoms. The van der Waals surface area contributed by atoms with E-state index in [9.17, 15) is 9.18 Å². The Labute approximate surface area is 158 Å². The number of hydrogen-bond acceptors (Lipinski definition) is 4. The standard InChI is InChI=1S/C18H23FN4O2.ClH/c1-22(7-8-25-17-6-4-3-5-16(17)19)18(24)15-11-20-10-14(15)13-9-21-23(2)12-13;/h3-6,9,12,14-15,20H,7-8,10-11H2,1-2H3;1H/t14-,15+;/m1./s1. The molecule has 1 saturated heterocycles. The third-order valence-corrected chi connectivity index (χ3v) is 4.58. The predicted molar refractivity (Wildman–Crippen MR) is 99.1 cm³/mol. The number of carbonyl (C=O) groups excluding carboxylic acids is 1. The average Bonchev–Trinajstić information content (AvgIpc) is 3.24. The first-order valence-corrected chi connectivity index (χ1v) is 8.38. The Bertz CT molecular complexity index is 739. The number of likely N-dealkylation sites (N-methyl/N-ethyl adjacent to an activating group) is 1. The number of aromatic nitrogens is 2. The van der Waals surface area contributed by atoms with Gasteiger partial charge in [0.2, 0.25) is 5.91 Å². The molecule has 0 radical (unpaired) electrons. The van der Waals surface area contributed by atoms with Gasteiger partial charge in [-0.2, -0.15) is 5.10 Å². The van der Waals surface area contributed by atoms with Crippen molar-refractivity contribution in [3.8, 4) is 5.75 Å². The summed E-state index contributed by atoms with van der Waals surface area (Å²) < 4.78 is 20.7. The number of rotatable bonds is 6. The molecule has 142 valence electrons. The quantitative estimate of drug-likeness (QED) is 0.828. The van der Waals surface area contributed by atoms with E-state index in [-0.39, 0.29) is 42.5 Å². The Morgan fingerprint density at radius 1 is 1.42 bits per heavy atom. The summed E-state index contributed by atoms with van der Waals surface area (Å²) in [5.41, 5.74) is 1.07. The molecule has 1 N–H and O–H groups in total. The number of benzene rings is 1. The van der Waals surface area contributed by atoms with Gasteiger partial charge in [-0.25, -0.2) is 4.39 Å². The number of carbonyl (C=O) groups is 1. The van der Waals surface area contributed by atoms with Gasteiger partial charge in [0.1, 0.15) is 6.61 Å². The minimum Gasteiger partial charge on any atom is -0.489 e. The van der Waals surface area contributed by atoms with Crippen LogP contribution in [0.1, 0.15) is 11.5 Å². The van der Waals surface area contributed by atoms with E-state index in [1.54, 1.807) is 34.8 Å². The van der Waals surface area contributed by atoms with E-state index in [2.05, 4.69) is 10.4 Å². The zero-order valence-corrected chi connectivity index (χ0v) is 15.7. The van der Waals surface area contributed by atoms with Crippen LogP contribution in [-0.4, -0.2) is 53.9 Å². The van der Waals surface area contributed by atoms with Gasteiger partial charge in [-0.3, -0.25) is 9.48 Å². The Morgan fingerprint density at radius 2 is 2.19 bits per heavy atom. The number of nitrogens with zero attached hydrogens (tertiary/aromatic N) is 3. The summed E-state index contributed by atoms with van der Waals surface area (Å²) in [6.45, 7) is 2.07. The molecule has 2 atom stereocenters. The lowest BCUT2D eigenvalue weighted by atomic mass is 9.90. The number of hydrogen-bond donors (Lipinski definition) is 1. The molecule has 1 aromatic heterocycles. The maximum Gasteiger partial charge on any atom is 0.227 e. The molecule has 6 nitrogen and oxygen atoms in total. The van der Waals surface area contributed by atoms with Crippen molar-refractivity contribution in [1.29, 1.82) is 0 Å². The molecule has 2 heterocycles. The molecule has 1 fully saturated rings. The highest BCUT2D eigenvalue weighted by atomic mass is 35.5. The summed E-state index contributed by atoms with van der Waals surface area (Å²) in [5, 5.41) is 7.49. The third kappa shape index (κ3) is 4.53. The largest absolute Gasteiger partial charge is 0.489 e. The summed E-state index contributed by atoms with van der Waals surface area (Å²) >= 11 is 0. The van der Waals surface area contributed by atoms with E-state index in [0.717, 1.165) is 12.1 Å². The Hall–Kier alpha value is -2.12. The zero-order chi connectivity index (χ0) is 17.8. The van der Waals surface area contributed by atoms with E-state index >= 15 is 0 Å². The first-order chi connectivity index (χ1) is 12.1. The minimum absolute atomic E-state index is 0. The fraction of sp³-hybridized carbons (Fsp3) is 0.444. The first kappa shape index (κ1) is 20.2. The third-order valence-electron chi connectivity index (χ3n) is 4.58. The second-order valence-corrected chi connectivity index (χ2v) is 6.36. The highest BCUT2D eigenvalue weighted by molar-refractivity contribution is 5.85. The van der Waals surface area contributed by atoms with Gasteiger partial charge in [0.05, 0.1) is 18.7 Å². The average molecular weight is 383 g/mol. The number of nitrogens with one attached hydrogen (secondary N) is 1. The smallest absolute Gasteiger partial charge is 0.227 e. The molecule has 1 aromatic carbocycles. The number of ether oxygens (including phenoxy) is 1. The second-order valence-electron chi connectivity index (χ2n) is 6.36. The monoisotopic (exact) mass is 382 g/mol. The maximum absolute atomic E-state index is 13.5. The van der Waals surface area contributed by atoms with E-state index in [0.29, 0.717) is 13.1 Å². The van der Waals surface area contributed by atoms with Crippen LogP contribution in [0.25, 0.3) is 0 Å². The SMILES string of the molecule is CN(CCOc1ccccc1F)C(=O)[C@H]1CNC[C@@H]1c1cnn(C)c1.Cl. The molecule has 0 unspecified atom stereocenters. The van der Waals surface area contributed by atoms with Crippen LogP contribution in [0, 0.1) is 11.7 Å². The Kier molecular flexibility index (Phi) is 6.99. The van der Waals surface area contributed by atoms with Crippen molar-refractivity contribution in [2.75, 3.05) is 33.3 Å². The predicted octanol–water partition coefficient (Wildman–Crippen LogP) is 1.82. The Morgan fingerprint density at radius 3 is 2.88 bits per heavy atom. The van der Waals surface area contributed by atoms with E-state index in [4.69, 9.17) is 4.74 Å². The molecule has 1 amide bonds. The summed E-state index contributed by atoms with van der Waals surface area (Å²) in [7, 11) is 3.63. The van der Waals surface area contributed by atoms with Crippen LogP contribution in [0.2, 0.25) is 0 Å². The van der Waals surface area contributed by atoms with Crippen LogP contribution in [0.15, 0.2) is 36.7 Å². The molecular weight excluding hydrogens is 359 g/mol. The Balaban J connectivity index is 0.00000243.